The normalized spacial score (nSPS) is 26.7. The highest BCUT2D eigenvalue weighted by molar-refractivity contribution is 9.10. The molecule has 9 N–H and O–H groups in total. The largest absolute Gasteiger partial charge is 0.495 e. The van der Waals surface area contributed by atoms with Crippen molar-refractivity contribution in [2.24, 2.45) is 56.7 Å². The number of nitrogens with zero attached hydrogens (tertiary/aromatic N) is 11. The van der Waals surface area contributed by atoms with E-state index in [1.165, 1.54) is 0 Å². The summed E-state index contributed by atoms with van der Waals surface area (Å²) in [6.07, 6.45) is 14.9. The number of aromatic nitrogens is 9. The molecule has 0 unspecified atom stereocenters. The van der Waals surface area contributed by atoms with Crippen molar-refractivity contribution in [2.45, 2.75) is 71.0 Å². The number of benzene rings is 6. The van der Waals surface area contributed by atoms with Crippen molar-refractivity contribution in [2.75, 3.05) is 60.8 Å². The average Bonchev–Trinajstić information content (AvgIpc) is 1.51. The van der Waals surface area contributed by atoms with Gasteiger partial charge in [0.1, 0.15) is 51.3 Å². The summed E-state index contributed by atoms with van der Waals surface area (Å²) in [7, 11) is 10.3. The molecule has 0 bridgehead atoms. The first-order chi connectivity index (χ1) is 57.9. The summed E-state index contributed by atoms with van der Waals surface area (Å²) in [6, 6.07) is 62.1. The molecule has 610 valence electrons. The number of rotatable bonds is 24. The zero-order valence-corrected chi connectivity index (χ0v) is 68.1. The second-order valence-corrected chi connectivity index (χ2v) is 32.0. The molecule has 119 heavy (non-hydrogen) atoms. The van der Waals surface area contributed by atoms with E-state index in [1.807, 2.05) is 184 Å². The van der Waals surface area contributed by atoms with Gasteiger partial charge in [0, 0.05) is 157 Å². The Balaban J connectivity index is 0.000000133. The molecule has 0 radical (unpaired) electrons. The van der Waals surface area contributed by atoms with Crippen LogP contribution in [0.3, 0.4) is 0 Å². The molecule has 9 heterocycles. The quantitative estimate of drug-likeness (QED) is 0.0271. The smallest absolute Gasteiger partial charge is 0.174 e. The van der Waals surface area contributed by atoms with Crippen molar-refractivity contribution >= 4 is 15.9 Å². The van der Waals surface area contributed by atoms with Crippen molar-refractivity contribution in [1.29, 1.82) is 10.5 Å². The van der Waals surface area contributed by atoms with E-state index in [0.29, 0.717) is 113 Å². The van der Waals surface area contributed by atoms with Gasteiger partial charge < -0.3 is 75.0 Å². The van der Waals surface area contributed by atoms with Crippen LogP contribution in [0, 0.1) is 58.2 Å². The Bertz CT molecular complexity index is 5430. The lowest BCUT2D eigenvalue weighted by atomic mass is 9.69. The lowest BCUT2D eigenvalue weighted by Gasteiger charge is -2.42. The highest BCUT2D eigenvalue weighted by Gasteiger charge is 2.79. The van der Waals surface area contributed by atoms with Crippen LogP contribution in [0.1, 0.15) is 96.0 Å². The van der Waals surface area contributed by atoms with Gasteiger partial charge in [-0.1, -0.05) is 143 Å². The van der Waals surface area contributed by atoms with Gasteiger partial charge in [0.25, 0.3) is 0 Å². The van der Waals surface area contributed by atoms with Crippen LogP contribution in [0.4, 0.5) is 0 Å². The Morgan fingerprint density at radius 2 is 0.681 bits per heavy atom. The summed E-state index contributed by atoms with van der Waals surface area (Å²) >= 11 is 3.55. The minimum absolute atomic E-state index is 0.135. The number of halogens is 1. The first-order valence-corrected chi connectivity index (χ1v) is 40.3. The molecule has 6 aromatic carbocycles. The number of hydrogen-bond acceptors (Lipinski definition) is 23. The molecule has 0 spiro atoms. The first-order valence-electron chi connectivity index (χ1n) is 39.5. The summed E-state index contributed by atoms with van der Waals surface area (Å²) in [5.74, 6) is -1.21. The summed E-state index contributed by atoms with van der Waals surface area (Å²) < 4.78 is 44.3. The first kappa shape index (κ1) is 81.1. The van der Waals surface area contributed by atoms with Crippen LogP contribution >= 0.6 is 15.9 Å². The number of pyridine rings is 3. The fourth-order valence-corrected chi connectivity index (χ4v) is 21.0. The number of nitriles is 2. The van der Waals surface area contributed by atoms with Gasteiger partial charge in [0.2, 0.25) is 0 Å². The van der Waals surface area contributed by atoms with Crippen LogP contribution in [0.25, 0.3) is 0 Å². The number of aliphatic hydroxyl groups is 6. The maximum absolute atomic E-state index is 13.3. The number of ether oxygens (including phenoxy) is 6. The third-order valence-corrected chi connectivity index (χ3v) is 26.3. The molecule has 3 aliphatic carbocycles. The molecule has 12 aromatic rings. The molecule has 3 aliphatic heterocycles. The van der Waals surface area contributed by atoms with Gasteiger partial charge in [0.15, 0.2) is 16.8 Å². The SMILES string of the molecule is COc1cncc2c1[C@]1(O)[C@@H](CNCc3ccnn3C)[C@H](CO)[C@@H](c3ccccc3)[C@]1(c1ccc(Br)cc1)O2.COc1cncc2c1[C@]1(O)[C@@H](CNCc3ccnn3C)[C@H](CO)[C@@H](c3ccccc3)[C@]1(c1ccc(C#N)cc1)O2.COc1cncc2c1[C@]1(O)[C@@H](CNCc3ccnn3C)[C@H](CO)[C@@H](c3ccccc3)[C@]1(c1ccc(C#N)cc1)O2. The molecule has 3 fully saturated rings. The van der Waals surface area contributed by atoms with Crippen LogP contribution in [0.2, 0.25) is 0 Å². The van der Waals surface area contributed by atoms with Crippen molar-refractivity contribution in [1.82, 2.24) is 60.2 Å². The number of methoxy groups -OCH3 is 3. The van der Waals surface area contributed by atoms with Gasteiger partial charge in [-0.05, 0) is 88.0 Å². The van der Waals surface area contributed by atoms with Crippen molar-refractivity contribution in [3.63, 3.8) is 0 Å². The molecule has 27 heteroatoms. The van der Waals surface area contributed by atoms with Gasteiger partial charge in [-0.15, -0.1) is 0 Å². The zero-order valence-electron chi connectivity index (χ0n) is 66.5. The highest BCUT2D eigenvalue weighted by atomic mass is 79.9. The second kappa shape index (κ2) is 33.2. The third-order valence-electron chi connectivity index (χ3n) is 25.7. The van der Waals surface area contributed by atoms with E-state index in [0.717, 1.165) is 43.8 Å². The molecule has 6 aliphatic rings. The summed E-state index contributed by atoms with van der Waals surface area (Å²) in [5.41, 5.74) is 1.91. The molecule has 0 saturated heterocycles. The van der Waals surface area contributed by atoms with Crippen molar-refractivity contribution in [3.8, 4) is 46.6 Å². The van der Waals surface area contributed by atoms with Gasteiger partial charge in [-0.2, -0.15) is 25.8 Å². The highest BCUT2D eigenvalue weighted by Crippen LogP contribution is 2.75. The molecule has 26 nitrogen and oxygen atoms in total. The van der Waals surface area contributed by atoms with E-state index in [4.69, 9.17) is 28.4 Å². The fourth-order valence-electron chi connectivity index (χ4n) is 20.7. The maximum atomic E-state index is 13.3. The van der Waals surface area contributed by atoms with E-state index in [2.05, 4.69) is 74.3 Å². The molecule has 6 aromatic heterocycles. The van der Waals surface area contributed by atoms with E-state index < -0.39 is 75.0 Å². The Morgan fingerprint density at radius 1 is 0.403 bits per heavy atom. The van der Waals surface area contributed by atoms with Gasteiger partial charge in [-0.3, -0.25) is 29.0 Å². The van der Waals surface area contributed by atoms with Crippen LogP contribution in [0.5, 0.6) is 34.5 Å². The molecular weight excluding hydrogens is 1570 g/mol. The second-order valence-electron chi connectivity index (χ2n) is 31.1. The molecule has 15 atom stereocenters. The molecule has 0 amide bonds. The van der Waals surface area contributed by atoms with Crippen molar-refractivity contribution in [3.05, 3.63) is 321 Å². The lowest BCUT2D eigenvalue weighted by Crippen LogP contribution is -2.52. The van der Waals surface area contributed by atoms with Crippen LogP contribution in [-0.2, 0) is 74.4 Å². The van der Waals surface area contributed by atoms with Crippen LogP contribution < -0.4 is 44.4 Å². The topological polar surface area (TPSA) is 353 Å². The minimum atomic E-state index is -1.63. The monoisotopic (exact) mass is 1660 g/mol. The predicted octanol–water partition coefficient (Wildman–Crippen LogP) is 9.84. The number of hydrogen-bond donors (Lipinski definition) is 9. The van der Waals surface area contributed by atoms with E-state index in [9.17, 15) is 41.2 Å². The molecular formula is C92H93BrN14O12. The molecule has 3 saturated carbocycles. The predicted molar refractivity (Wildman–Crippen MR) is 442 cm³/mol. The molecule has 18 rings (SSSR count). The van der Waals surface area contributed by atoms with E-state index in [1.54, 1.807) is 111 Å². The lowest BCUT2D eigenvalue weighted by molar-refractivity contribution is -0.128. The van der Waals surface area contributed by atoms with E-state index >= 15 is 0 Å². The Morgan fingerprint density at radius 3 is 0.924 bits per heavy atom. The summed E-state index contributed by atoms with van der Waals surface area (Å²) in [4.78, 5) is 13.0. The maximum Gasteiger partial charge on any atom is 0.174 e. The van der Waals surface area contributed by atoms with E-state index in [-0.39, 0.29) is 31.7 Å². The number of aryl methyl sites for hydroxylation is 3. The summed E-state index contributed by atoms with van der Waals surface area (Å²) in [6.45, 7) is 2.31. The number of nitrogens with one attached hydrogen (secondary N) is 3. The van der Waals surface area contributed by atoms with Gasteiger partial charge in [-0.25, -0.2) is 0 Å². The minimum Gasteiger partial charge on any atom is -0.495 e. The Kier molecular flexibility index (Phi) is 22.6. The third kappa shape index (κ3) is 13.0. The fraction of sp³-hybridized carbons (Fsp3) is 0.326. The zero-order chi connectivity index (χ0) is 83.0. The number of fused-ring (bicyclic) bond motifs is 9. The van der Waals surface area contributed by atoms with Crippen molar-refractivity contribution < 1.29 is 59.1 Å². The average molecular weight is 1670 g/mol. The van der Waals surface area contributed by atoms with Gasteiger partial charge >= 0.3 is 0 Å². The standard InChI is InChI=1S/2C31H31N5O4.C30H31BrN4O4/c2*1-36-23(12-13-35-36)15-33-16-25-24(19-37)28(21-6-4-3-5-7-21)31(22-10-8-20(14-32)9-11-22)30(25,38)29-26(39-2)17-34-18-27(29)40-31;1-35-22(12-13-34-35)14-32-15-24-23(18-36)27(19-6-4-3-5-7-19)30(20-8-10-21(31)11-9-20)29(24,37)28-25(38-2)16-33-17-26(28)39-30/h2*3-13,17-18,24-25,28,33,37-38H,15-16,19H2,1-2H3;3-13,16-17,23-24,27,32,36-37H,14-15,18H2,1-2H3/t2*24-,25-,28+,30+,31-;23-,24-,27+,29+,30-/m000/s1. The summed E-state index contributed by atoms with van der Waals surface area (Å²) in [5, 5.41) is 115. The Labute approximate surface area is 697 Å². The van der Waals surface area contributed by atoms with Gasteiger partial charge in [0.05, 0.1) is 116 Å². The number of aliphatic hydroxyl groups excluding tert-OH is 3. The Hall–Kier alpha value is -11.7. The van der Waals surface area contributed by atoms with Crippen LogP contribution in [0.15, 0.2) is 242 Å². The van der Waals surface area contributed by atoms with Crippen LogP contribution in [-0.4, -0.2) is 136 Å².